The molecule has 0 aromatic heterocycles. The third kappa shape index (κ3) is 3.73. The fourth-order valence-electron chi connectivity index (χ4n) is 3.16. The van der Waals surface area contributed by atoms with E-state index in [1.807, 2.05) is 30.3 Å². The number of benzene rings is 2. The summed E-state index contributed by atoms with van der Waals surface area (Å²) >= 11 is 3.39. The van der Waals surface area contributed by atoms with Gasteiger partial charge in [0.2, 0.25) is 0 Å². The predicted octanol–water partition coefficient (Wildman–Crippen LogP) is 4.66. The van der Waals surface area contributed by atoms with Gasteiger partial charge in [-0.3, -0.25) is 4.79 Å². The van der Waals surface area contributed by atoms with Crippen LogP contribution >= 0.6 is 15.9 Å². The minimum Gasteiger partial charge on any atom is -0.399 e. The third-order valence-electron chi connectivity index (χ3n) is 4.49. The summed E-state index contributed by atoms with van der Waals surface area (Å²) in [5, 5.41) is 3.03. The van der Waals surface area contributed by atoms with Crippen molar-refractivity contribution in [1.29, 1.82) is 0 Å². The minimum absolute atomic E-state index is 0.126. The molecule has 0 aliphatic carbocycles. The first kappa shape index (κ1) is 16.8. The first-order chi connectivity index (χ1) is 11.5. The van der Waals surface area contributed by atoms with Crippen LogP contribution in [0.2, 0.25) is 0 Å². The summed E-state index contributed by atoms with van der Waals surface area (Å²) in [6.45, 7) is 3.24. The van der Waals surface area contributed by atoms with Gasteiger partial charge in [-0.15, -0.1) is 0 Å². The van der Waals surface area contributed by atoms with Crippen molar-refractivity contribution in [2.45, 2.75) is 32.2 Å². The Hall–Kier alpha value is -2.01. The fourth-order valence-corrected chi connectivity index (χ4v) is 3.42. The van der Waals surface area contributed by atoms with Crippen molar-refractivity contribution < 1.29 is 4.79 Å². The Morgan fingerprint density at radius 2 is 1.96 bits per heavy atom. The number of nitrogens with zero attached hydrogens (tertiary/aromatic N) is 1. The first-order valence-electron chi connectivity index (χ1n) is 8.27. The van der Waals surface area contributed by atoms with Crippen LogP contribution in [0.5, 0.6) is 0 Å². The molecule has 1 saturated heterocycles. The van der Waals surface area contributed by atoms with Crippen LogP contribution in [0.15, 0.2) is 46.9 Å². The fraction of sp³-hybridized carbons (Fsp3) is 0.316. The Balaban J connectivity index is 1.87. The second-order valence-electron chi connectivity index (χ2n) is 6.28. The van der Waals surface area contributed by atoms with Gasteiger partial charge >= 0.3 is 0 Å². The summed E-state index contributed by atoms with van der Waals surface area (Å²) in [4.78, 5) is 14.9. The van der Waals surface area contributed by atoms with Crippen molar-refractivity contribution in [3.05, 3.63) is 52.5 Å². The normalized spacial score (nSPS) is 17.6. The van der Waals surface area contributed by atoms with Crippen molar-refractivity contribution in [2.75, 3.05) is 22.5 Å². The zero-order valence-corrected chi connectivity index (χ0v) is 15.3. The molecule has 0 radical (unpaired) electrons. The quantitative estimate of drug-likeness (QED) is 0.752. The Morgan fingerprint density at radius 3 is 2.67 bits per heavy atom. The van der Waals surface area contributed by atoms with Gasteiger partial charge in [0.1, 0.15) is 0 Å². The molecule has 24 heavy (non-hydrogen) atoms. The molecular weight excluding hydrogens is 366 g/mol. The SMILES string of the molecule is CC1CCCCN1c1ccc(N)cc1NC(=O)c1ccc(Br)cc1. The molecule has 1 unspecified atom stereocenters. The maximum absolute atomic E-state index is 12.6. The van der Waals surface area contributed by atoms with Crippen molar-refractivity contribution in [3.63, 3.8) is 0 Å². The van der Waals surface area contributed by atoms with Gasteiger partial charge in [-0.05, 0) is 68.7 Å². The van der Waals surface area contributed by atoms with E-state index in [1.165, 1.54) is 19.3 Å². The summed E-state index contributed by atoms with van der Waals surface area (Å²) in [7, 11) is 0. The van der Waals surface area contributed by atoms with E-state index in [-0.39, 0.29) is 5.91 Å². The van der Waals surface area contributed by atoms with Crippen molar-refractivity contribution >= 4 is 38.9 Å². The van der Waals surface area contributed by atoms with E-state index < -0.39 is 0 Å². The molecule has 2 aromatic rings. The zero-order valence-electron chi connectivity index (χ0n) is 13.8. The van der Waals surface area contributed by atoms with E-state index in [4.69, 9.17) is 5.73 Å². The molecule has 3 rings (SSSR count). The van der Waals surface area contributed by atoms with Crippen LogP contribution in [0.1, 0.15) is 36.5 Å². The van der Waals surface area contributed by atoms with Crippen LogP contribution in [0, 0.1) is 0 Å². The van der Waals surface area contributed by atoms with Crippen LogP contribution in [-0.2, 0) is 0 Å². The van der Waals surface area contributed by atoms with Crippen LogP contribution in [0.4, 0.5) is 17.1 Å². The number of anilines is 3. The molecule has 1 heterocycles. The highest BCUT2D eigenvalue weighted by Gasteiger charge is 2.22. The van der Waals surface area contributed by atoms with Crippen molar-refractivity contribution in [3.8, 4) is 0 Å². The van der Waals surface area contributed by atoms with E-state index in [0.717, 1.165) is 22.4 Å². The van der Waals surface area contributed by atoms with Gasteiger partial charge in [-0.25, -0.2) is 0 Å². The number of hydrogen-bond acceptors (Lipinski definition) is 3. The monoisotopic (exact) mass is 387 g/mol. The van der Waals surface area contributed by atoms with Gasteiger partial charge < -0.3 is 16.0 Å². The molecule has 1 aliphatic heterocycles. The maximum Gasteiger partial charge on any atom is 0.255 e. The van der Waals surface area contributed by atoms with Gasteiger partial charge in [-0.2, -0.15) is 0 Å². The molecule has 5 heteroatoms. The standard InChI is InChI=1S/C19H22BrN3O/c1-13-4-2-3-11-23(13)18-10-9-16(21)12-17(18)22-19(24)14-5-7-15(20)8-6-14/h5-10,12-13H,2-4,11,21H2,1H3,(H,22,24). The largest absolute Gasteiger partial charge is 0.399 e. The number of carbonyl (C=O) groups excluding carboxylic acids is 1. The van der Waals surface area contributed by atoms with Crippen LogP contribution < -0.4 is 16.0 Å². The smallest absolute Gasteiger partial charge is 0.255 e. The lowest BCUT2D eigenvalue weighted by Crippen LogP contribution is -2.38. The van der Waals surface area contributed by atoms with Gasteiger partial charge in [0.25, 0.3) is 5.91 Å². The maximum atomic E-state index is 12.6. The second-order valence-corrected chi connectivity index (χ2v) is 7.19. The summed E-state index contributed by atoms with van der Waals surface area (Å²) in [5.74, 6) is -0.126. The highest BCUT2D eigenvalue weighted by atomic mass is 79.9. The van der Waals surface area contributed by atoms with Crippen LogP contribution in [0.3, 0.4) is 0 Å². The number of nitrogen functional groups attached to an aromatic ring is 1. The molecule has 126 valence electrons. The molecule has 0 bridgehead atoms. The van der Waals surface area contributed by atoms with Crippen LogP contribution in [-0.4, -0.2) is 18.5 Å². The number of nitrogens with one attached hydrogen (secondary N) is 1. The Bertz CT molecular complexity index is 730. The molecule has 4 nitrogen and oxygen atoms in total. The Morgan fingerprint density at radius 1 is 1.21 bits per heavy atom. The molecule has 1 amide bonds. The lowest BCUT2D eigenvalue weighted by molar-refractivity contribution is 0.102. The molecule has 1 atom stereocenters. The highest BCUT2D eigenvalue weighted by Crippen LogP contribution is 2.33. The van der Waals surface area contributed by atoms with E-state index in [2.05, 4.69) is 33.1 Å². The number of hydrogen-bond donors (Lipinski definition) is 2. The molecule has 3 N–H and O–H groups in total. The summed E-state index contributed by atoms with van der Waals surface area (Å²) in [6, 6.07) is 13.5. The van der Waals surface area contributed by atoms with Gasteiger partial charge in [-0.1, -0.05) is 15.9 Å². The second kappa shape index (κ2) is 7.26. The Kier molecular flexibility index (Phi) is 5.09. The lowest BCUT2D eigenvalue weighted by Gasteiger charge is -2.36. The average Bonchev–Trinajstić information content (AvgIpc) is 2.56. The van der Waals surface area contributed by atoms with E-state index in [9.17, 15) is 4.79 Å². The topological polar surface area (TPSA) is 58.4 Å². The van der Waals surface area contributed by atoms with Gasteiger partial charge in [0.15, 0.2) is 0 Å². The minimum atomic E-state index is -0.126. The van der Waals surface area contributed by atoms with Crippen LogP contribution in [0.25, 0.3) is 0 Å². The molecule has 0 saturated carbocycles. The molecule has 1 fully saturated rings. The number of nitrogens with two attached hydrogens (primary N) is 1. The number of amides is 1. The lowest BCUT2D eigenvalue weighted by atomic mass is 10.0. The van der Waals surface area contributed by atoms with E-state index >= 15 is 0 Å². The average molecular weight is 388 g/mol. The van der Waals surface area contributed by atoms with E-state index in [1.54, 1.807) is 12.1 Å². The van der Waals surface area contributed by atoms with Gasteiger partial charge in [0, 0.05) is 28.3 Å². The summed E-state index contributed by atoms with van der Waals surface area (Å²) in [5.41, 5.74) is 9.04. The van der Waals surface area contributed by atoms with Gasteiger partial charge in [0.05, 0.1) is 11.4 Å². The Labute approximate surface area is 151 Å². The predicted molar refractivity (Wildman–Crippen MR) is 104 cm³/mol. The summed E-state index contributed by atoms with van der Waals surface area (Å²) < 4.78 is 0.950. The highest BCUT2D eigenvalue weighted by molar-refractivity contribution is 9.10. The first-order valence-corrected chi connectivity index (χ1v) is 9.07. The molecule has 2 aromatic carbocycles. The molecule has 1 aliphatic rings. The van der Waals surface area contributed by atoms with E-state index in [0.29, 0.717) is 17.3 Å². The molecular formula is C19H22BrN3O. The number of piperidine rings is 1. The third-order valence-corrected chi connectivity index (χ3v) is 5.02. The number of carbonyl (C=O) groups is 1. The number of rotatable bonds is 3. The summed E-state index contributed by atoms with van der Waals surface area (Å²) in [6.07, 6.45) is 3.60. The number of halogens is 1. The zero-order chi connectivity index (χ0) is 17.1. The van der Waals surface area contributed by atoms with Crippen molar-refractivity contribution in [1.82, 2.24) is 0 Å². The van der Waals surface area contributed by atoms with Crippen molar-refractivity contribution in [2.24, 2.45) is 0 Å². The molecule has 0 spiro atoms.